The van der Waals surface area contributed by atoms with E-state index in [1.165, 1.54) is 43.7 Å². The van der Waals surface area contributed by atoms with Gasteiger partial charge in [-0.15, -0.1) is 0 Å². The van der Waals surface area contributed by atoms with E-state index in [0.717, 1.165) is 55.9 Å². The van der Waals surface area contributed by atoms with Crippen molar-refractivity contribution in [1.82, 2.24) is 9.72 Å². The van der Waals surface area contributed by atoms with Crippen molar-refractivity contribution < 1.29 is 4.42 Å². The van der Waals surface area contributed by atoms with Crippen molar-refractivity contribution in [2.45, 2.75) is 6.17 Å². The minimum Gasteiger partial charge on any atom is -0.456 e. The van der Waals surface area contributed by atoms with Crippen LogP contribution in [-0.2, 0) is 0 Å². The second-order valence-electron chi connectivity index (χ2n) is 13.0. The molecule has 0 radical (unpaired) electrons. The smallest absolute Gasteiger partial charge is 0.170 e. The van der Waals surface area contributed by atoms with Crippen LogP contribution in [0.5, 0.6) is 0 Å². The van der Waals surface area contributed by atoms with Gasteiger partial charge in [-0.1, -0.05) is 115 Å². The number of fused-ring (bicyclic) bond motifs is 9. The maximum Gasteiger partial charge on any atom is 0.170 e. The third-order valence-electron chi connectivity index (χ3n) is 10.2. The third kappa shape index (κ3) is 3.95. The van der Waals surface area contributed by atoms with Gasteiger partial charge in [-0.05, 0) is 53.6 Å². The molecule has 3 aromatic heterocycles. The Morgan fingerprint density at radius 2 is 1.04 bits per heavy atom. The third-order valence-corrected chi connectivity index (χ3v) is 10.2. The number of aromatic nitrogens is 1. The topological polar surface area (TPSA) is 54.3 Å². The highest BCUT2D eigenvalue weighted by Gasteiger charge is 2.25. The summed E-state index contributed by atoms with van der Waals surface area (Å²) in [6.07, 6.45) is -0.463. The van der Waals surface area contributed by atoms with Crippen molar-refractivity contribution >= 4 is 71.7 Å². The number of nitrogens with zero attached hydrogens (tertiary/aromatic N) is 3. The number of furan rings is 1. The fourth-order valence-corrected chi connectivity index (χ4v) is 7.94. The van der Waals surface area contributed by atoms with Gasteiger partial charge in [0.1, 0.15) is 22.8 Å². The molecule has 0 atom stereocenters. The molecule has 234 valence electrons. The number of benzene rings is 7. The molecule has 11 rings (SSSR count). The van der Waals surface area contributed by atoms with Gasteiger partial charge in [-0.2, -0.15) is 0 Å². The molecular weight excluding hydrogens is 613 g/mol. The molecule has 0 unspecified atom stereocenters. The van der Waals surface area contributed by atoms with Gasteiger partial charge in [0, 0.05) is 49.0 Å². The van der Waals surface area contributed by atoms with Crippen molar-refractivity contribution in [2.75, 3.05) is 0 Å². The molecule has 4 heterocycles. The largest absolute Gasteiger partial charge is 0.456 e. The van der Waals surface area contributed by atoms with Crippen LogP contribution in [0.2, 0.25) is 0 Å². The molecule has 0 saturated carbocycles. The van der Waals surface area contributed by atoms with Gasteiger partial charge in [-0.25, -0.2) is 9.98 Å². The SMILES string of the molecule is c1ccc(C2=NC(c3cccc4oc5ccc(-c6cc7c8ccccc8n8c9ccccc9c(c6)c78)cc5c34)N=C(c3ccccc3)N2)cc1. The van der Waals surface area contributed by atoms with E-state index >= 15 is 0 Å². The Hall–Kier alpha value is -6.72. The number of hydrogen-bond donors (Lipinski definition) is 1. The summed E-state index contributed by atoms with van der Waals surface area (Å²) in [6.45, 7) is 0. The summed E-state index contributed by atoms with van der Waals surface area (Å²) < 4.78 is 8.92. The van der Waals surface area contributed by atoms with Crippen LogP contribution in [0.15, 0.2) is 172 Å². The van der Waals surface area contributed by atoms with E-state index in [-0.39, 0.29) is 0 Å². The first kappa shape index (κ1) is 27.3. The first-order valence-electron chi connectivity index (χ1n) is 16.9. The summed E-state index contributed by atoms with van der Waals surface area (Å²) in [7, 11) is 0. The first-order chi connectivity index (χ1) is 24.8. The fourth-order valence-electron chi connectivity index (χ4n) is 7.94. The van der Waals surface area contributed by atoms with Gasteiger partial charge in [-0.3, -0.25) is 0 Å². The van der Waals surface area contributed by atoms with E-state index in [0.29, 0.717) is 0 Å². The Labute approximate surface area is 286 Å². The first-order valence-corrected chi connectivity index (χ1v) is 16.9. The lowest BCUT2D eigenvalue weighted by atomic mass is 9.97. The summed E-state index contributed by atoms with van der Waals surface area (Å²) in [6, 6.07) is 55.5. The molecule has 10 aromatic rings. The van der Waals surface area contributed by atoms with E-state index in [1.807, 2.05) is 48.5 Å². The molecule has 5 nitrogen and oxygen atoms in total. The minimum atomic E-state index is -0.463. The van der Waals surface area contributed by atoms with E-state index < -0.39 is 6.17 Å². The molecular formula is C45H28N4O. The maximum atomic E-state index is 6.50. The van der Waals surface area contributed by atoms with Crippen molar-refractivity contribution in [3.8, 4) is 11.1 Å². The molecule has 1 aliphatic rings. The standard InChI is InChI=1S/C45H28N4O/c1-3-12-27(13-4-1)43-46-44(28-14-5-2-6-15-28)48-45(47-43)33-18-11-21-40-41(33)36-24-29(22-23-39(36)50-40)30-25-34-31-16-7-9-19-37(31)49-38-20-10-8-17-32(38)35(26-30)42(34)49/h1-26,45H,(H,46,47,48). The van der Waals surface area contributed by atoms with Crippen LogP contribution in [0.25, 0.3) is 71.2 Å². The van der Waals surface area contributed by atoms with Gasteiger partial charge in [0.2, 0.25) is 0 Å². The van der Waals surface area contributed by atoms with Gasteiger partial charge >= 0.3 is 0 Å². The molecule has 0 bridgehead atoms. The van der Waals surface area contributed by atoms with Gasteiger partial charge < -0.3 is 14.1 Å². The Bertz CT molecular complexity index is 2870. The molecule has 50 heavy (non-hydrogen) atoms. The van der Waals surface area contributed by atoms with Crippen molar-refractivity contribution in [3.05, 3.63) is 174 Å². The van der Waals surface area contributed by atoms with Crippen LogP contribution < -0.4 is 5.32 Å². The number of amidine groups is 2. The molecule has 0 spiro atoms. The molecule has 0 amide bonds. The van der Waals surface area contributed by atoms with Crippen molar-refractivity contribution in [1.29, 1.82) is 0 Å². The molecule has 0 saturated heterocycles. The van der Waals surface area contributed by atoms with Crippen LogP contribution in [-0.4, -0.2) is 16.1 Å². The number of para-hydroxylation sites is 2. The highest BCUT2D eigenvalue weighted by Crippen LogP contribution is 2.43. The van der Waals surface area contributed by atoms with Crippen LogP contribution in [0.1, 0.15) is 22.9 Å². The predicted octanol–water partition coefficient (Wildman–Crippen LogP) is 10.9. The summed E-state index contributed by atoms with van der Waals surface area (Å²) >= 11 is 0. The Kier molecular flexibility index (Phi) is 5.66. The summed E-state index contributed by atoms with van der Waals surface area (Å²) in [5.74, 6) is 1.58. The highest BCUT2D eigenvalue weighted by molar-refractivity contribution is 6.24. The number of hydrogen-bond acceptors (Lipinski definition) is 4. The summed E-state index contributed by atoms with van der Waals surface area (Å²) in [5, 5.41) is 10.7. The Morgan fingerprint density at radius 1 is 0.460 bits per heavy atom. The molecule has 0 aliphatic carbocycles. The number of aliphatic imine (C=N–C) groups is 2. The predicted molar refractivity (Wildman–Crippen MR) is 206 cm³/mol. The highest BCUT2D eigenvalue weighted by atomic mass is 16.3. The van der Waals surface area contributed by atoms with Crippen LogP contribution in [0, 0.1) is 0 Å². The second kappa shape index (κ2) is 10.4. The molecule has 1 N–H and O–H groups in total. The normalized spacial score (nSPS) is 13.9. The zero-order valence-corrected chi connectivity index (χ0v) is 26.8. The lowest BCUT2D eigenvalue weighted by Crippen LogP contribution is -2.36. The fraction of sp³-hybridized carbons (Fsp3) is 0.0222. The lowest BCUT2D eigenvalue weighted by Gasteiger charge is -2.22. The number of nitrogens with one attached hydrogen (secondary N) is 1. The van der Waals surface area contributed by atoms with E-state index in [9.17, 15) is 0 Å². The lowest BCUT2D eigenvalue weighted by molar-refractivity contribution is 0.667. The van der Waals surface area contributed by atoms with Crippen LogP contribution in [0.4, 0.5) is 0 Å². The van der Waals surface area contributed by atoms with E-state index in [2.05, 4.69) is 119 Å². The van der Waals surface area contributed by atoms with Crippen LogP contribution in [0.3, 0.4) is 0 Å². The van der Waals surface area contributed by atoms with Crippen molar-refractivity contribution in [3.63, 3.8) is 0 Å². The second-order valence-corrected chi connectivity index (χ2v) is 13.0. The quantitative estimate of drug-likeness (QED) is 0.208. The van der Waals surface area contributed by atoms with Gasteiger partial charge in [0.25, 0.3) is 0 Å². The number of rotatable bonds is 4. The van der Waals surface area contributed by atoms with E-state index in [4.69, 9.17) is 14.4 Å². The Morgan fingerprint density at radius 3 is 1.68 bits per heavy atom. The summed E-state index contributed by atoms with van der Waals surface area (Å²) in [5.41, 5.74) is 10.8. The summed E-state index contributed by atoms with van der Waals surface area (Å²) in [4.78, 5) is 10.4. The molecule has 5 heteroatoms. The van der Waals surface area contributed by atoms with Gasteiger partial charge in [0.15, 0.2) is 6.17 Å². The molecule has 7 aromatic carbocycles. The van der Waals surface area contributed by atoms with Crippen LogP contribution >= 0.6 is 0 Å². The van der Waals surface area contributed by atoms with Crippen molar-refractivity contribution in [2.24, 2.45) is 9.98 Å². The monoisotopic (exact) mass is 640 g/mol. The molecule has 1 aliphatic heterocycles. The Balaban J connectivity index is 1.13. The zero-order valence-electron chi connectivity index (χ0n) is 26.8. The zero-order chi connectivity index (χ0) is 32.8. The van der Waals surface area contributed by atoms with Gasteiger partial charge in [0.05, 0.1) is 16.6 Å². The minimum absolute atomic E-state index is 0.463. The maximum absolute atomic E-state index is 6.50. The average Bonchev–Trinajstić information content (AvgIpc) is 3.85. The molecule has 0 fully saturated rings. The average molecular weight is 641 g/mol. The van der Waals surface area contributed by atoms with E-state index in [1.54, 1.807) is 0 Å².